The summed E-state index contributed by atoms with van der Waals surface area (Å²) in [5.41, 5.74) is 0.984. The van der Waals surface area contributed by atoms with Crippen molar-refractivity contribution < 1.29 is 19.1 Å². The molecule has 124 valence electrons. The molecule has 0 amide bonds. The molecule has 0 aliphatic heterocycles. The Kier molecular flexibility index (Phi) is 6.08. The van der Waals surface area contributed by atoms with Crippen molar-refractivity contribution in [1.82, 2.24) is 14.5 Å². The molecule has 2 aromatic rings. The first-order chi connectivity index (χ1) is 11.2. The van der Waals surface area contributed by atoms with Crippen LogP contribution in [-0.4, -0.2) is 39.8 Å². The van der Waals surface area contributed by atoms with Gasteiger partial charge >= 0.3 is 12.1 Å². The van der Waals surface area contributed by atoms with E-state index in [0.29, 0.717) is 24.4 Å². The third-order valence-corrected chi connectivity index (χ3v) is 3.27. The summed E-state index contributed by atoms with van der Waals surface area (Å²) in [5, 5.41) is 0. The van der Waals surface area contributed by atoms with E-state index < -0.39 is 12.1 Å². The van der Waals surface area contributed by atoms with E-state index in [0.717, 1.165) is 25.7 Å². The molecule has 0 aliphatic rings. The SMILES string of the molecule is CCCCOC(=O)c1ccc2c(ncn2C(=O)OCCCC)n1. The first-order valence-corrected chi connectivity index (χ1v) is 7.85. The quantitative estimate of drug-likeness (QED) is 0.576. The number of esters is 1. The molecule has 0 atom stereocenters. The highest BCUT2D eigenvalue weighted by molar-refractivity contribution is 5.91. The zero-order valence-electron chi connectivity index (χ0n) is 13.4. The molecule has 0 unspecified atom stereocenters. The second-order valence-electron chi connectivity index (χ2n) is 5.11. The first kappa shape index (κ1) is 16.9. The minimum absolute atomic E-state index is 0.179. The fourth-order valence-corrected chi connectivity index (χ4v) is 1.91. The van der Waals surface area contributed by atoms with Crippen LogP contribution in [-0.2, 0) is 9.47 Å². The summed E-state index contributed by atoms with van der Waals surface area (Å²) >= 11 is 0. The number of aromatic nitrogens is 3. The van der Waals surface area contributed by atoms with Crippen LogP contribution in [0.5, 0.6) is 0 Å². The van der Waals surface area contributed by atoms with Gasteiger partial charge in [-0.15, -0.1) is 0 Å². The summed E-state index contributed by atoms with van der Waals surface area (Å²) in [7, 11) is 0. The second-order valence-corrected chi connectivity index (χ2v) is 5.11. The largest absolute Gasteiger partial charge is 0.461 e. The number of nitrogens with zero attached hydrogens (tertiary/aromatic N) is 3. The number of fused-ring (bicyclic) bond motifs is 1. The molecule has 0 aliphatic carbocycles. The molecule has 7 heteroatoms. The Morgan fingerprint density at radius 1 is 1.09 bits per heavy atom. The minimum Gasteiger partial charge on any atom is -0.461 e. The molecule has 0 bridgehead atoms. The highest BCUT2D eigenvalue weighted by Gasteiger charge is 2.15. The Labute approximate surface area is 134 Å². The summed E-state index contributed by atoms with van der Waals surface area (Å²) in [5.74, 6) is -0.486. The van der Waals surface area contributed by atoms with E-state index in [4.69, 9.17) is 9.47 Å². The van der Waals surface area contributed by atoms with Gasteiger partial charge < -0.3 is 9.47 Å². The van der Waals surface area contributed by atoms with E-state index >= 15 is 0 Å². The Hall–Kier alpha value is -2.44. The standard InChI is InChI=1S/C16H21N3O4/c1-3-5-9-22-15(20)12-7-8-13-14(18-12)17-11-19(13)16(21)23-10-6-4-2/h7-8,11H,3-6,9-10H2,1-2H3. The predicted molar refractivity (Wildman–Crippen MR) is 84.4 cm³/mol. The number of imidazole rings is 1. The molecule has 0 saturated heterocycles. The molecular weight excluding hydrogens is 298 g/mol. The van der Waals surface area contributed by atoms with Crippen molar-refractivity contribution >= 4 is 23.2 Å². The third-order valence-electron chi connectivity index (χ3n) is 3.27. The lowest BCUT2D eigenvalue weighted by Gasteiger charge is -2.05. The van der Waals surface area contributed by atoms with Gasteiger partial charge in [-0.3, -0.25) is 0 Å². The number of hydrogen-bond donors (Lipinski definition) is 0. The van der Waals surface area contributed by atoms with Crippen molar-refractivity contribution in [3.05, 3.63) is 24.2 Å². The minimum atomic E-state index is -0.499. The van der Waals surface area contributed by atoms with Crippen LogP contribution in [0.3, 0.4) is 0 Å². The fourth-order valence-electron chi connectivity index (χ4n) is 1.91. The van der Waals surface area contributed by atoms with E-state index in [1.165, 1.54) is 17.0 Å². The molecule has 2 aromatic heterocycles. The van der Waals surface area contributed by atoms with Gasteiger partial charge in [-0.2, -0.15) is 0 Å². The fraction of sp³-hybridized carbons (Fsp3) is 0.500. The number of carbonyl (C=O) groups excluding carboxylic acids is 2. The van der Waals surface area contributed by atoms with Crippen LogP contribution in [0.1, 0.15) is 50.0 Å². The average Bonchev–Trinajstić information content (AvgIpc) is 2.98. The third kappa shape index (κ3) is 4.28. The smallest absolute Gasteiger partial charge is 0.419 e. The highest BCUT2D eigenvalue weighted by Crippen LogP contribution is 2.13. The van der Waals surface area contributed by atoms with E-state index in [1.807, 2.05) is 13.8 Å². The molecule has 0 spiro atoms. The van der Waals surface area contributed by atoms with Crippen molar-refractivity contribution in [1.29, 1.82) is 0 Å². The maximum absolute atomic E-state index is 12.0. The Morgan fingerprint density at radius 2 is 1.78 bits per heavy atom. The summed E-state index contributed by atoms with van der Waals surface area (Å²) in [6.07, 6.45) is 4.36. The van der Waals surface area contributed by atoms with Crippen LogP contribution < -0.4 is 0 Å². The van der Waals surface area contributed by atoms with E-state index in [-0.39, 0.29) is 5.69 Å². The molecule has 0 radical (unpaired) electrons. The molecule has 2 rings (SSSR count). The van der Waals surface area contributed by atoms with E-state index in [2.05, 4.69) is 9.97 Å². The Morgan fingerprint density at radius 3 is 2.48 bits per heavy atom. The van der Waals surface area contributed by atoms with Crippen LogP contribution in [0.2, 0.25) is 0 Å². The number of ether oxygens (including phenoxy) is 2. The normalized spacial score (nSPS) is 10.7. The Bertz CT molecular complexity index is 681. The number of unbranched alkanes of at least 4 members (excludes halogenated alkanes) is 2. The van der Waals surface area contributed by atoms with Gasteiger partial charge in [-0.25, -0.2) is 24.1 Å². The summed E-state index contributed by atoms with van der Waals surface area (Å²) in [6, 6.07) is 3.14. The lowest BCUT2D eigenvalue weighted by molar-refractivity contribution is 0.0493. The highest BCUT2D eigenvalue weighted by atomic mass is 16.5. The number of rotatable bonds is 7. The first-order valence-electron chi connectivity index (χ1n) is 7.85. The Balaban J connectivity index is 2.10. The topological polar surface area (TPSA) is 83.3 Å². The number of pyridine rings is 1. The van der Waals surface area contributed by atoms with Crippen LogP contribution in [0.25, 0.3) is 11.2 Å². The van der Waals surface area contributed by atoms with E-state index in [9.17, 15) is 9.59 Å². The summed E-state index contributed by atoms with van der Waals surface area (Å²) in [6.45, 7) is 4.77. The van der Waals surface area contributed by atoms with Crippen molar-refractivity contribution in [3.63, 3.8) is 0 Å². The number of carbonyl (C=O) groups is 2. The zero-order valence-corrected chi connectivity index (χ0v) is 13.4. The van der Waals surface area contributed by atoms with Crippen molar-refractivity contribution in [3.8, 4) is 0 Å². The van der Waals surface area contributed by atoms with Gasteiger partial charge in [0.25, 0.3) is 0 Å². The molecular formula is C16H21N3O4. The van der Waals surface area contributed by atoms with Crippen LogP contribution in [0.15, 0.2) is 18.5 Å². The lowest BCUT2D eigenvalue weighted by atomic mass is 10.3. The molecule has 0 aromatic carbocycles. The van der Waals surface area contributed by atoms with Crippen molar-refractivity contribution in [2.45, 2.75) is 39.5 Å². The van der Waals surface area contributed by atoms with Crippen LogP contribution >= 0.6 is 0 Å². The number of hydrogen-bond acceptors (Lipinski definition) is 6. The molecule has 7 nitrogen and oxygen atoms in total. The lowest BCUT2D eigenvalue weighted by Crippen LogP contribution is -2.13. The molecule has 23 heavy (non-hydrogen) atoms. The summed E-state index contributed by atoms with van der Waals surface area (Å²) in [4.78, 5) is 32.0. The predicted octanol–water partition coefficient (Wildman–Crippen LogP) is 3.17. The van der Waals surface area contributed by atoms with Gasteiger partial charge in [0, 0.05) is 0 Å². The van der Waals surface area contributed by atoms with Crippen molar-refractivity contribution in [2.24, 2.45) is 0 Å². The van der Waals surface area contributed by atoms with Gasteiger partial charge in [0.05, 0.1) is 18.7 Å². The monoisotopic (exact) mass is 319 g/mol. The van der Waals surface area contributed by atoms with Gasteiger partial charge in [0.15, 0.2) is 11.3 Å². The van der Waals surface area contributed by atoms with Crippen LogP contribution in [0.4, 0.5) is 4.79 Å². The zero-order chi connectivity index (χ0) is 16.7. The van der Waals surface area contributed by atoms with Gasteiger partial charge in [0.2, 0.25) is 0 Å². The molecule has 2 heterocycles. The van der Waals surface area contributed by atoms with Gasteiger partial charge in [0.1, 0.15) is 6.33 Å². The molecule has 0 fully saturated rings. The maximum Gasteiger partial charge on any atom is 0.419 e. The van der Waals surface area contributed by atoms with Gasteiger partial charge in [-0.05, 0) is 25.0 Å². The second kappa shape index (κ2) is 8.26. The molecule has 0 N–H and O–H groups in total. The van der Waals surface area contributed by atoms with Crippen LogP contribution in [0, 0.1) is 0 Å². The molecule has 0 saturated carbocycles. The van der Waals surface area contributed by atoms with E-state index in [1.54, 1.807) is 6.07 Å². The average molecular weight is 319 g/mol. The summed E-state index contributed by atoms with van der Waals surface area (Å²) < 4.78 is 11.5. The maximum atomic E-state index is 12.0. The van der Waals surface area contributed by atoms with Gasteiger partial charge in [-0.1, -0.05) is 26.7 Å². The van der Waals surface area contributed by atoms with Crippen molar-refractivity contribution in [2.75, 3.05) is 13.2 Å².